The van der Waals surface area contributed by atoms with Crippen LogP contribution in [0.5, 0.6) is 0 Å². The molecule has 5 amide bonds. The number of aromatic nitrogens is 2. The second kappa shape index (κ2) is 17.6. The van der Waals surface area contributed by atoms with Crippen molar-refractivity contribution in [2.45, 2.75) is 57.9 Å². The summed E-state index contributed by atoms with van der Waals surface area (Å²) in [6, 6.07) is 11.9. The van der Waals surface area contributed by atoms with E-state index in [2.05, 4.69) is 0 Å². The fourth-order valence-electron chi connectivity index (χ4n) is 6.75. The molecule has 0 aliphatic carbocycles. The van der Waals surface area contributed by atoms with Crippen LogP contribution in [0.25, 0.3) is 11.3 Å². The number of unbranched alkanes of at least 4 members (excludes halogenated alkanes) is 1. The van der Waals surface area contributed by atoms with Crippen LogP contribution in [-0.4, -0.2) is 103 Å². The van der Waals surface area contributed by atoms with Crippen LogP contribution in [0.15, 0.2) is 66.9 Å². The molecule has 2 aliphatic rings. The average molecular weight is 765 g/mol. The lowest BCUT2D eigenvalue weighted by molar-refractivity contribution is -0.140. The number of aliphatic hydroxyl groups is 1. The normalized spacial score (nSPS) is 17.2. The number of amides is 5. The number of benzene rings is 2. The Morgan fingerprint density at radius 1 is 1.02 bits per heavy atom. The Balaban J connectivity index is 1.34. The van der Waals surface area contributed by atoms with Crippen molar-refractivity contribution in [3.05, 3.63) is 89.9 Å². The van der Waals surface area contributed by atoms with Gasteiger partial charge in [-0.3, -0.25) is 33.8 Å². The van der Waals surface area contributed by atoms with Gasteiger partial charge in [0.25, 0.3) is 11.8 Å². The predicted molar refractivity (Wildman–Crippen MR) is 199 cm³/mol. The van der Waals surface area contributed by atoms with Crippen LogP contribution in [0.1, 0.15) is 57.5 Å². The summed E-state index contributed by atoms with van der Waals surface area (Å²) < 4.78 is 31.2. The number of hydrogen-bond donors (Lipinski definition) is 2. The molecule has 3 N–H and O–H groups in total. The molecule has 0 bridgehead atoms. The zero-order chi connectivity index (χ0) is 39.2. The summed E-state index contributed by atoms with van der Waals surface area (Å²) in [7, 11) is 0. The Bertz CT molecular complexity index is 1880. The SMILES string of the molecule is CC(C)(C)[C@H](c1nc(-c2cc(F)ccc2F)cn1Cc1ccccc1)N(CC(CN)CSC1CC(=O)N(CCCCN2C(=O)C=CC2=O)C1=O)C(=O)CO. The predicted octanol–water partition coefficient (Wildman–Crippen LogP) is 3.93. The van der Waals surface area contributed by atoms with Crippen molar-refractivity contribution in [1.82, 2.24) is 24.3 Å². The number of aliphatic hydroxyl groups excluding tert-OH is 1. The van der Waals surface area contributed by atoms with Crippen LogP contribution in [0.4, 0.5) is 8.78 Å². The second-order valence-electron chi connectivity index (χ2n) is 14.6. The van der Waals surface area contributed by atoms with Gasteiger partial charge in [-0.15, -0.1) is 11.8 Å². The van der Waals surface area contributed by atoms with Gasteiger partial charge in [-0.2, -0.15) is 0 Å². The summed E-state index contributed by atoms with van der Waals surface area (Å²) in [4.78, 5) is 72.1. The van der Waals surface area contributed by atoms with Gasteiger partial charge in [0.05, 0.1) is 17.0 Å². The first-order chi connectivity index (χ1) is 25.7. The first kappa shape index (κ1) is 40.5. The molecule has 2 aromatic carbocycles. The smallest absolute Gasteiger partial charge is 0.253 e. The molecule has 1 aromatic heterocycles. The van der Waals surface area contributed by atoms with Crippen molar-refractivity contribution >= 4 is 41.3 Å². The maximum atomic E-state index is 15.1. The van der Waals surface area contributed by atoms with Crippen LogP contribution in [0, 0.1) is 23.0 Å². The first-order valence-corrected chi connectivity index (χ1v) is 18.9. The highest BCUT2D eigenvalue weighted by atomic mass is 32.2. The van der Waals surface area contributed by atoms with Gasteiger partial charge in [-0.25, -0.2) is 13.8 Å². The topological polar surface area (TPSA) is 159 Å². The van der Waals surface area contributed by atoms with Crippen molar-refractivity contribution in [3.8, 4) is 11.3 Å². The van der Waals surface area contributed by atoms with Crippen LogP contribution in [0.3, 0.4) is 0 Å². The zero-order valence-electron chi connectivity index (χ0n) is 30.6. The number of thioether (sulfide) groups is 1. The highest BCUT2D eigenvalue weighted by Gasteiger charge is 2.41. The third-order valence-electron chi connectivity index (χ3n) is 9.48. The van der Waals surface area contributed by atoms with Gasteiger partial charge in [0, 0.05) is 56.5 Å². The first-order valence-electron chi connectivity index (χ1n) is 17.9. The molecule has 0 spiro atoms. The van der Waals surface area contributed by atoms with Gasteiger partial charge in [0.2, 0.25) is 17.7 Å². The van der Waals surface area contributed by atoms with Crippen LogP contribution in [0.2, 0.25) is 0 Å². The summed E-state index contributed by atoms with van der Waals surface area (Å²) in [6.07, 6.45) is 4.93. The molecular formula is C39H46F2N6O6S. The van der Waals surface area contributed by atoms with E-state index in [1.54, 1.807) is 6.20 Å². The molecule has 5 rings (SSSR count). The molecule has 12 nitrogen and oxygen atoms in total. The third kappa shape index (κ3) is 9.49. The molecule has 1 saturated heterocycles. The van der Waals surface area contributed by atoms with Crippen molar-refractivity contribution in [1.29, 1.82) is 0 Å². The largest absolute Gasteiger partial charge is 0.387 e. The van der Waals surface area contributed by atoms with E-state index in [1.165, 1.54) is 33.7 Å². The number of hydrogen-bond acceptors (Lipinski definition) is 9. The molecule has 54 heavy (non-hydrogen) atoms. The lowest BCUT2D eigenvalue weighted by atomic mass is 9.84. The Morgan fingerprint density at radius 2 is 1.69 bits per heavy atom. The van der Waals surface area contributed by atoms with Crippen molar-refractivity contribution in [2.24, 2.45) is 17.1 Å². The minimum Gasteiger partial charge on any atom is -0.387 e. The second-order valence-corrected chi connectivity index (χ2v) is 15.8. The van der Waals surface area contributed by atoms with Gasteiger partial charge in [0.1, 0.15) is 24.1 Å². The van der Waals surface area contributed by atoms with Crippen molar-refractivity contribution in [3.63, 3.8) is 0 Å². The van der Waals surface area contributed by atoms with E-state index in [0.717, 1.165) is 28.7 Å². The quantitative estimate of drug-likeness (QED) is 0.154. The number of rotatable bonds is 17. The number of nitrogens with two attached hydrogens (primary N) is 1. The van der Waals surface area contributed by atoms with Gasteiger partial charge >= 0.3 is 0 Å². The van der Waals surface area contributed by atoms with Gasteiger partial charge in [0.15, 0.2) is 0 Å². The van der Waals surface area contributed by atoms with E-state index in [-0.39, 0.29) is 73.4 Å². The zero-order valence-corrected chi connectivity index (χ0v) is 31.4. The molecular weight excluding hydrogens is 719 g/mol. The summed E-state index contributed by atoms with van der Waals surface area (Å²) in [5, 5.41) is 9.56. The number of nitrogens with zero attached hydrogens (tertiary/aromatic N) is 5. The molecule has 0 saturated carbocycles. The Labute approximate surface area is 317 Å². The van der Waals surface area contributed by atoms with Gasteiger partial charge in [-0.05, 0) is 60.2 Å². The number of imidazole rings is 1. The van der Waals surface area contributed by atoms with E-state index in [1.807, 2.05) is 55.7 Å². The molecule has 288 valence electrons. The molecule has 15 heteroatoms. The minimum absolute atomic E-state index is 0.00798. The number of imide groups is 2. The van der Waals surface area contributed by atoms with E-state index in [4.69, 9.17) is 10.7 Å². The van der Waals surface area contributed by atoms with E-state index < -0.39 is 40.9 Å². The number of carbonyl (C=O) groups excluding carboxylic acids is 5. The van der Waals surface area contributed by atoms with Crippen LogP contribution >= 0.6 is 11.8 Å². The third-order valence-corrected chi connectivity index (χ3v) is 10.9. The summed E-state index contributed by atoms with van der Waals surface area (Å²) in [6.45, 7) is 5.83. The molecule has 1 fully saturated rings. The fraction of sp³-hybridized carbons (Fsp3) is 0.436. The van der Waals surface area contributed by atoms with E-state index in [0.29, 0.717) is 31.0 Å². The number of halogens is 2. The lowest BCUT2D eigenvalue weighted by Gasteiger charge is -2.41. The fourth-order valence-corrected chi connectivity index (χ4v) is 8.03. The van der Waals surface area contributed by atoms with Crippen LogP contribution in [-0.2, 0) is 30.5 Å². The highest BCUT2D eigenvalue weighted by Crippen LogP contribution is 2.40. The molecule has 3 aromatic rings. The molecule has 3 heterocycles. The standard InChI is InChI=1S/C39H46F2N6O6S/c1-39(2,3)36(37-43-30(28-17-27(40)11-12-29(28)41)22-44(37)20-25-9-5-4-6-10-25)47(35(52)23-48)21-26(19-42)24-54-31-18-34(51)46(38(31)53)16-8-7-15-45-32(49)13-14-33(45)50/h4-6,9-14,17,22,26,31,36,48H,7-8,15-16,18-21,23-24,42H2,1-3H3/t26?,31?,36-/m0/s1. The lowest BCUT2D eigenvalue weighted by Crippen LogP contribution is -2.47. The summed E-state index contributed by atoms with van der Waals surface area (Å²) in [5.41, 5.74) is 6.61. The highest BCUT2D eigenvalue weighted by molar-refractivity contribution is 8.00. The Hall–Kier alpha value is -4.73. The number of likely N-dealkylation sites (tertiary alicyclic amines) is 1. The maximum absolute atomic E-state index is 15.1. The Kier molecular flexibility index (Phi) is 13.2. The van der Waals surface area contributed by atoms with Crippen molar-refractivity contribution in [2.75, 3.05) is 38.5 Å². The molecule has 0 radical (unpaired) electrons. The molecule has 3 atom stereocenters. The molecule has 2 unspecified atom stereocenters. The summed E-state index contributed by atoms with van der Waals surface area (Å²) >= 11 is 1.28. The van der Waals surface area contributed by atoms with Crippen molar-refractivity contribution < 1.29 is 37.9 Å². The Morgan fingerprint density at radius 3 is 2.31 bits per heavy atom. The average Bonchev–Trinajstić information content (AvgIpc) is 3.78. The summed E-state index contributed by atoms with van der Waals surface area (Å²) in [5.74, 6) is -2.91. The van der Waals surface area contributed by atoms with E-state index in [9.17, 15) is 33.5 Å². The van der Waals surface area contributed by atoms with Crippen LogP contribution < -0.4 is 5.73 Å². The molecule has 2 aliphatic heterocycles. The monoisotopic (exact) mass is 764 g/mol. The van der Waals surface area contributed by atoms with Gasteiger partial charge < -0.3 is 20.3 Å². The van der Waals surface area contributed by atoms with Gasteiger partial charge in [-0.1, -0.05) is 51.1 Å². The maximum Gasteiger partial charge on any atom is 0.253 e. The van der Waals surface area contributed by atoms with E-state index >= 15 is 4.39 Å². The number of carbonyl (C=O) groups is 5. The minimum atomic E-state index is -0.803.